The third-order valence-corrected chi connectivity index (χ3v) is 5.35. The molecule has 0 spiro atoms. The van der Waals surface area contributed by atoms with E-state index in [-0.39, 0.29) is 11.4 Å². The number of pyridine rings is 1. The number of hydrogen-bond donors (Lipinski definition) is 1. The number of carbonyl (C=O) groups is 1. The maximum absolute atomic E-state index is 12.6. The average Bonchev–Trinajstić information content (AvgIpc) is 2.62. The predicted molar refractivity (Wildman–Crippen MR) is 97.5 cm³/mol. The van der Waals surface area contributed by atoms with Gasteiger partial charge in [-0.15, -0.1) is 0 Å². The van der Waals surface area contributed by atoms with Crippen LogP contribution in [0.2, 0.25) is 0 Å². The van der Waals surface area contributed by atoms with Crippen LogP contribution in [0.15, 0.2) is 52.7 Å². The standard InChI is InChI=1S/C17H20N4O4S/c1-13-10-15(4-5-16(13)25-3)26(23,24)21(2)12-17(22)20-19-11-14-6-8-18-9-7-14/h4-11H,12H2,1-3H3,(H,20,22). The number of rotatable bonds is 7. The smallest absolute Gasteiger partial charge is 0.255 e. The Bertz CT molecular complexity index is 898. The Kier molecular flexibility index (Phi) is 6.42. The highest BCUT2D eigenvalue weighted by Crippen LogP contribution is 2.23. The van der Waals surface area contributed by atoms with Crippen LogP contribution in [-0.2, 0) is 14.8 Å². The second-order valence-electron chi connectivity index (χ2n) is 5.47. The largest absolute Gasteiger partial charge is 0.496 e. The lowest BCUT2D eigenvalue weighted by molar-refractivity contribution is -0.121. The van der Waals surface area contributed by atoms with Gasteiger partial charge < -0.3 is 4.74 Å². The number of likely N-dealkylation sites (N-methyl/N-ethyl adjacent to an activating group) is 1. The second-order valence-corrected chi connectivity index (χ2v) is 7.51. The molecule has 0 fully saturated rings. The third kappa shape index (κ3) is 4.87. The molecular formula is C17H20N4O4S. The molecule has 9 heteroatoms. The van der Waals surface area contributed by atoms with Crippen molar-refractivity contribution in [3.8, 4) is 5.75 Å². The molecule has 0 aliphatic heterocycles. The van der Waals surface area contributed by atoms with E-state index in [2.05, 4.69) is 15.5 Å². The number of amides is 1. The van der Waals surface area contributed by atoms with E-state index in [1.807, 2.05) is 0 Å². The van der Waals surface area contributed by atoms with E-state index in [4.69, 9.17) is 4.74 Å². The van der Waals surface area contributed by atoms with E-state index >= 15 is 0 Å². The third-order valence-electron chi connectivity index (χ3n) is 3.55. The van der Waals surface area contributed by atoms with Crippen LogP contribution in [0.1, 0.15) is 11.1 Å². The molecule has 2 rings (SSSR count). The lowest BCUT2D eigenvalue weighted by Crippen LogP contribution is -2.36. The minimum absolute atomic E-state index is 0.0892. The highest BCUT2D eigenvalue weighted by molar-refractivity contribution is 7.89. The Morgan fingerprint density at radius 1 is 1.31 bits per heavy atom. The zero-order chi connectivity index (χ0) is 19.2. The first-order valence-electron chi connectivity index (χ1n) is 7.67. The van der Waals surface area contributed by atoms with Crippen LogP contribution in [0, 0.1) is 6.92 Å². The van der Waals surface area contributed by atoms with E-state index < -0.39 is 15.9 Å². The predicted octanol–water partition coefficient (Wildman–Crippen LogP) is 1.17. The molecule has 1 heterocycles. The van der Waals surface area contributed by atoms with Crippen molar-refractivity contribution in [2.75, 3.05) is 20.7 Å². The van der Waals surface area contributed by atoms with Gasteiger partial charge in [0.2, 0.25) is 10.0 Å². The molecule has 1 aromatic carbocycles. The fourth-order valence-corrected chi connectivity index (χ4v) is 3.36. The molecule has 1 N–H and O–H groups in total. The summed E-state index contributed by atoms with van der Waals surface area (Å²) in [6.07, 6.45) is 4.64. The number of hydrogen-bond acceptors (Lipinski definition) is 6. The molecule has 1 amide bonds. The Morgan fingerprint density at radius 3 is 2.62 bits per heavy atom. The number of benzene rings is 1. The molecule has 0 saturated heterocycles. The zero-order valence-corrected chi connectivity index (χ0v) is 15.5. The highest BCUT2D eigenvalue weighted by Gasteiger charge is 2.23. The fraction of sp³-hybridized carbons (Fsp3) is 0.235. The lowest BCUT2D eigenvalue weighted by atomic mass is 10.2. The van der Waals surface area contributed by atoms with Gasteiger partial charge in [0.05, 0.1) is 24.8 Å². The van der Waals surface area contributed by atoms with Crippen molar-refractivity contribution < 1.29 is 17.9 Å². The van der Waals surface area contributed by atoms with Crippen molar-refractivity contribution in [2.45, 2.75) is 11.8 Å². The van der Waals surface area contributed by atoms with Crippen molar-refractivity contribution in [1.29, 1.82) is 0 Å². The van der Waals surface area contributed by atoms with E-state index in [1.54, 1.807) is 37.5 Å². The Hall–Kier alpha value is -2.78. The molecule has 138 valence electrons. The molecule has 26 heavy (non-hydrogen) atoms. The molecule has 0 atom stereocenters. The van der Waals surface area contributed by atoms with Gasteiger partial charge in [0.15, 0.2) is 0 Å². The first-order valence-corrected chi connectivity index (χ1v) is 9.11. The summed E-state index contributed by atoms with van der Waals surface area (Å²) < 4.78 is 31.2. The van der Waals surface area contributed by atoms with Gasteiger partial charge in [-0.3, -0.25) is 9.78 Å². The molecular weight excluding hydrogens is 356 g/mol. The number of sulfonamides is 1. The maximum Gasteiger partial charge on any atom is 0.255 e. The van der Waals surface area contributed by atoms with Gasteiger partial charge in [0.1, 0.15) is 5.75 Å². The summed E-state index contributed by atoms with van der Waals surface area (Å²) in [5.74, 6) is 0.0430. The summed E-state index contributed by atoms with van der Waals surface area (Å²) in [6.45, 7) is 1.39. The van der Waals surface area contributed by atoms with Gasteiger partial charge in [-0.05, 0) is 48.4 Å². The summed E-state index contributed by atoms with van der Waals surface area (Å²) in [7, 11) is -0.954. The lowest BCUT2D eigenvalue weighted by Gasteiger charge is -2.17. The van der Waals surface area contributed by atoms with Crippen molar-refractivity contribution in [3.63, 3.8) is 0 Å². The molecule has 0 aliphatic carbocycles. The topological polar surface area (TPSA) is 101 Å². The first-order chi connectivity index (χ1) is 12.3. The summed E-state index contributed by atoms with van der Waals surface area (Å²) in [5, 5.41) is 3.80. The quantitative estimate of drug-likeness (QED) is 0.577. The van der Waals surface area contributed by atoms with Crippen molar-refractivity contribution >= 4 is 22.1 Å². The molecule has 1 aromatic heterocycles. The van der Waals surface area contributed by atoms with Gasteiger partial charge >= 0.3 is 0 Å². The van der Waals surface area contributed by atoms with Gasteiger partial charge in [-0.2, -0.15) is 9.41 Å². The zero-order valence-electron chi connectivity index (χ0n) is 14.7. The number of aromatic nitrogens is 1. The van der Waals surface area contributed by atoms with Crippen LogP contribution in [0.5, 0.6) is 5.75 Å². The maximum atomic E-state index is 12.6. The normalized spacial score (nSPS) is 11.7. The van der Waals surface area contributed by atoms with E-state index in [0.717, 1.165) is 9.87 Å². The molecule has 8 nitrogen and oxygen atoms in total. The van der Waals surface area contributed by atoms with E-state index in [9.17, 15) is 13.2 Å². The molecule has 0 unspecified atom stereocenters. The molecule has 0 saturated carbocycles. The van der Waals surface area contributed by atoms with Gasteiger partial charge in [0, 0.05) is 19.4 Å². The number of nitrogens with one attached hydrogen (secondary N) is 1. The Morgan fingerprint density at radius 2 is 2.00 bits per heavy atom. The van der Waals surface area contributed by atoms with Crippen molar-refractivity contribution in [3.05, 3.63) is 53.9 Å². The van der Waals surface area contributed by atoms with Crippen LogP contribution >= 0.6 is 0 Å². The molecule has 2 aromatic rings. The van der Waals surface area contributed by atoms with E-state index in [1.165, 1.54) is 32.5 Å². The molecule has 0 bridgehead atoms. The number of ether oxygens (including phenoxy) is 1. The van der Waals surface area contributed by atoms with Crippen LogP contribution in [0.4, 0.5) is 0 Å². The van der Waals surface area contributed by atoms with Crippen LogP contribution in [-0.4, -0.2) is 50.5 Å². The van der Waals surface area contributed by atoms with Crippen LogP contribution < -0.4 is 10.2 Å². The minimum Gasteiger partial charge on any atom is -0.496 e. The van der Waals surface area contributed by atoms with Gasteiger partial charge in [-0.25, -0.2) is 13.8 Å². The fourth-order valence-electron chi connectivity index (χ4n) is 2.14. The number of hydrazone groups is 1. The second kappa shape index (κ2) is 8.54. The number of nitrogens with zero attached hydrogens (tertiary/aromatic N) is 3. The SMILES string of the molecule is COc1ccc(S(=O)(=O)N(C)CC(=O)NN=Cc2ccncc2)cc1C. The Labute approximate surface area is 152 Å². The van der Waals surface area contributed by atoms with Crippen LogP contribution in [0.3, 0.4) is 0 Å². The van der Waals surface area contributed by atoms with Crippen LogP contribution in [0.25, 0.3) is 0 Å². The molecule has 0 aliphatic rings. The van der Waals surface area contributed by atoms with E-state index in [0.29, 0.717) is 11.3 Å². The average molecular weight is 376 g/mol. The summed E-state index contributed by atoms with van der Waals surface area (Å²) >= 11 is 0. The monoisotopic (exact) mass is 376 g/mol. The minimum atomic E-state index is -3.80. The summed E-state index contributed by atoms with van der Waals surface area (Å²) in [6, 6.07) is 7.97. The first kappa shape index (κ1) is 19.5. The summed E-state index contributed by atoms with van der Waals surface area (Å²) in [4.78, 5) is 15.9. The van der Waals surface area contributed by atoms with Gasteiger partial charge in [-0.1, -0.05) is 0 Å². The highest BCUT2D eigenvalue weighted by atomic mass is 32.2. The number of carbonyl (C=O) groups excluding carboxylic acids is 1. The van der Waals surface area contributed by atoms with Crippen molar-refractivity contribution in [1.82, 2.24) is 14.7 Å². The summed E-state index contributed by atoms with van der Waals surface area (Å²) in [5.41, 5.74) is 3.75. The number of aryl methyl sites for hydroxylation is 1. The van der Waals surface area contributed by atoms with Crippen molar-refractivity contribution in [2.24, 2.45) is 5.10 Å². The Balaban J connectivity index is 2.01. The number of methoxy groups -OCH3 is 1. The van der Waals surface area contributed by atoms with Gasteiger partial charge in [0.25, 0.3) is 5.91 Å². The molecule has 0 radical (unpaired) electrons.